The minimum Gasteiger partial charge on any atom is -0.471 e. The monoisotopic (exact) mass is 290 g/mol. The van der Waals surface area contributed by atoms with Gasteiger partial charge in [-0.25, -0.2) is 0 Å². The van der Waals surface area contributed by atoms with Crippen LogP contribution in [-0.4, -0.2) is 64.6 Å². The first-order valence-corrected chi connectivity index (χ1v) is 7.10. The number of hydrogen-bond acceptors (Lipinski definition) is 5. The van der Waals surface area contributed by atoms with Gasteiger partial charge in [-0.1, -0.05) is 0 Å². The van der Waals surface area contributed by atoms with E-state index in [-0.39, 0.29) is 23.8 Å². The number of rotatable bonds is 3. The SMILES string of the molecule is CN1CC(C(=O)N2CCC(Oc3cccnn3)C2)CC1=O. The van der Waals surface area contributed by atoms with Gasteiger partial charge in [0.15, 0.2) is 0 Å². The van der Waals surface area contributed by atoms with Crippen LogP contribution in [0.2, 0.25) is 0 Å². The lowest BCUT2D eigenvalue weighted by molar-refractivity contribution is -0.135. The zero-order chi connectivity index (χ0) is 14.8. The Morgan fingerprint density at radius 3 is 2.95 bits per heavy atom. The topological polar surface area (TPSA) is 75.6 Å². The van der Waals surface area contributed by atoms with Crippen LogP contribution in [0.4, 0.5) is 0 Å². The standard InChI is InChI=1S/C14H18N4O3/c1-17-8-10(7-13(17)19)14(20)18-6-4-11(9-18)21-12-3-2-5-15-16-12/h2-3,5,10-11H,4,6-9H2,1H3. The van der Waals surface area contributed by atoms with Gasteiger partial charge in [-0.2, -0.15) is 5.10 Å². The Hall–Kier alpha value is -2.18. The molecule has 2 aliphatic rings. The summed E-state index contributed by atoms with van der Waals surface area (Å²) in [7, 11) is 1.74. The highest BCUT2D eigenvalue weighted by Gasteiger charge is 2.37. The molecule has 2 saturated heterocycles. The maximum atomic E-state index is 12.4. The fourth-order valence-corrected chi connectivity index (χ4v) is 2.83. The number of amides is 2. The third-order valence-electron chi connectivity index (χ3n) is 3.98. The highest BCUT2D eigenvalue weighted by molar-refractivity contribution is 5.89. The first-order chi connectivity index (χ1) is 10.1. The van der Waals surface area contributed by atoms with Crippen molar-refractivity contribution >= 4 is 11.8 Å². The van der Waals surface area contributed by atoms with Gasteiger partial charge in [-0.05, 0) is 6.07 Å². The number of ether oxygens (including phenoxy) is 1. The van der Waals surface area contributed by atoms with Crippen LogP contribution in [0, 0.1) is 5.92 Å². The number of hydrogen-bond donors (Lipinski definition) is 0. The summed E-state index contributed by atoms with van der Waals surface area (Å²) in [5.41, 5.74) is 0. The fraction of sp³-hybridized carbons (Fsp3) is 0.571. The first kappa shape index (κ1) is 13.8. The lowest BCUT2D eigenvalue weighted by Gasteiger charge is -2.20. The summed E-state index contributed by atoms with van der Waals surface area (Å²) in [6, 6.07) is 3.52. The second kappa shape index (κ2) is 5.67. The maximum Gasteiger partial charge on any atom is 0.233 e. The molecule has 2 fully saturated rings. The number of carbonyl (C=O) groups is 2. The molecule has 2 amide bonds. The van der Waals surface area contributed by atoms with Crippen LogP contribution < -0.4 is 4.74 Å². The van der Waals surface area contributed by atoms with E-state index in [9.17, 15) is 9.59 Å². The van der Waals surface area contributed by atoms with Gasteiger partial charge in [-0.15, -0.1) is 5.10 Å². The van der Waals surface area contributed by atoms with E-state index in [2.05, 4.69) is 10.2 Å². The molecular weight excluding hydrogens is 272 g/mol. The van der Waals surface area contributed by atoms with E-state index in [1.807, 2.05) is 0 Å². The molecule has 2 atom stereocenters. The molecule has 2 unspecified atom stereocenters. The van der Waals surface area contributed by atoms with Crippen molar-refractivity contribution in [2.24, 2.45) is 5.92 Å². The Morgan fingerprint density at radius 1 is 1.43 bits per heavy atom. The largest absolute Gasteiger partial charge is 0.471 e. The molecule has 2 aliphatic heterocycles. The van der Waals surface area contributed by atoms with E-state index < -0.39 is 0 Å². The summed E-state index contributed by atoms with van der Waals surface area (Å²) < 4.78 is 5.72. The molecule has 0 bridgehead atoms. The van der Waals surface area contributed by atoms with Gasteiger partial charge in [0.1, 0.15) is 6.10 Å². The summed E-state index contributed by atoms with van der Waals surface area (Å²) in [4.78, 5) is 27.3. The van der Waals surface area contributed by atoms with E-state index in [0.717, 1.165) is 6.42 Å². The van der Waals surface area contributed by atoms with Crippen molar-refractivity contribution in [3.63, 3.8) is 0 Å². The molecule has 0 aliphatic carbocycles. The fourth-order valence-electron chi connectivity index (χ4n) is 2.83. The Bertz CT molecular complexity index is 536. The molecule has 112 valence electrons. The summed E-state index contributed by atoms with van der Waals surface area (Å²) in [6.07, 6.45) is 2.63. The molecule has 1 aromatic rings. The third kappa shape index (κ3) is 2.96. The van der Waals surface area contributed by atoms with Gasteiger partial charge in [-0.3, -0.25) is 9.59 Å². The molecule has 0 N–H and O–H groups in total. The van der Waals surface area contributed by atoms with E-state index in [4.69, 9.17) is 4.74 Å². The van der Waals surface area contributed by atoms with Crippen molar-refractivity contribution in [2.75, 3.05) is 26.7 Å². The van der Waals surface area contributed by atoms with Gasteiger partial charge in [0.05, 0.1) is 12.5 Å². The van der Waals surface area contributed by atoms with Crippen LogP contribution in [0.5, 0.6) is 5.88 Å². The molecule has 3 rings (SSSR count). The van der Waals surface area contributed by atoms with Crippen LogP contribution in [0.25, 0.3) is 0 Å². The van der Waals surface area contributed by atoms with Crippen molar-refractivity contribution in [2.45, 2.75) is 18.9 Å². The Balaban J connectivity index is 1.55. The Morgan fingerprint density at radius 2 is 2.29 bits per heavy atom. The average Bonchev–Trinajstić information content (AvgIpc) is 3.07. The zero-order valence-corrected chi connectivity index (χ0v) is 11.9. The van der Waals surface area contributed by atoms with Gasteiger partial charge in [0.2, 0.25) is 17.7 Å². The highest BCUT2D eigenvalue weighted by atomic mass is 16.5. The van der Waals surface area contributed by atoms with Crippen LogP contribution in [0.1, 0.15) is 12.8 Å². The van der Waals surface area contributed by atoms with Gasteiger partial charge >= 0.3 is 0 Å². The summed E-state index contributed by atoms with van der Waals surface area (Å²) in [5, 5.41) is 7.64. The Kier molecular flexibility index (Phi) is 3.72. The summed E-state index contributed by atoms with van der Waals surface area (Å²) in [6.45, 7) is 1.73. The quantitative estimate of drug-likeness (QED) is 0.779. The number of likely N-dealkylation sites (tertiary alicyclic amines) is 2. The van der Waals surface area contributed by atoms with Gasteiger partial charge < -0.3 is 14.5 Å². The molecule has 0 saturated carbocycles. The molecule has 0 radical (unpaired) electrons. The van der Waals surface area contributed by atoms with Gasteiger partial charge in [0.25, 0.3) is 0 Å². The second-order valence-electron chi connectivity index (χ2n) is 5.55. The molecule has 0 spiro atoms. The van der Waals surface area contributed by atoms with Crippen LogP contribution in [0.15, 0.2) is 18.3 Å². The van der Waals surface area contributed by atoms with Crippen LogP contribution in [-0.2, 0) is 9.59 Å². The summed E-state index contributed by atoms with van der Waals surface area (Å²) in [5.74, 6) is 0.364. The average molecular weight is 290 g/mol. The number of carbonyl (C=O) groups excluding carboxylic acids is 2. The lowest BCUT2D eigenvalue weighted by Crippen LogP contribution is -2.36. The van der Waals surface area contributed by atoms with Crippen molar-refractivity contribution in [3.8, 4) is 5.88 Å². The van der Waals surface area contributed by atoms with E-state index in [0.29, 0.717) is 31.9 Å². The smallest absolute Gasteiger partial charge is 0.233 e. The maximum absolute atomic E-state index is 12.4. The van der Waals surface area contributed by atoms with Crippen molar-refractivity contribution in [3.05, 3.63) is 18.3 Å². The van der Waals surface area contributed by atoms with Crippen molar-refractivity contribution in [1.82, 2.24) is 20.0 Å². The molecule has 7 nitrogen and oxygen atoms in total. The Labute approximate surface area is 122 Å². The predicted octanol–water partition coefficient (Wildman–Crippen LogP) is -0.0654. The number of aromatic nitrogens is 2. The van der Waals surface area contributed by atoms with Crippen LogP contribution in [0.3, 0.4) is 0 Å². The highest BCUT2D eigenvalue weighted by Crippen LogP contribution is 2.22. The minimum atomic E-state index is -0.210. The van der Waals surface area contributed by atoms with Crippen LogP contribution >= 0.6 is 0 Å². The van der Waals surface area contributed by atoms with E-state index in [1.54, 1.807) is 35.2 Å². The van der Waals surface area contributed by atoms with Crippen molar-refractivity contribution in [1.29, 1.82) is 0 Å². The summed E-state index contributed by atoms with van der Waals surface area (Å²) >= 11 is 0. The number of nitrogens with zero attached hydrogens (tertiary/aromatic N) is 4. The molecule has 0 aromatic carbocycles. The molecule has 1 aromatic heterocycles. The molecule has 3 heterocycles. The van der Waals surface area contributed by atoms with Gasteiger partial charge in [0, 0.05) is 45.2 Å². The van der Waals surface area contributed by atoms with E-state index >= 15 is 0 Å². The molecule has 7 heteroatoms. The van der Waals surface area contributed by atoms with E-state index in [1.165, 1.54) is 0 Å². The lowest BCUT2D eigenvalue weighted by atomic mass is 10.1. The predicted molar refractivity (Wildman–Crippen MR) is 73.4 cm³/mol. The minimum absolute atomic E-state index is 0.0416. The first-order valence-electron chi connectivity index (χ1n) is 7.10. The zero-order valence-electron chi connectivity index (χ0n) is 11.9. The normalized spacial score (nSPS) is 25.5. The molecular formula is C14H18N4O3. The van der Waals surface area contributed by atoms with Crippen molar-refractivity contribution < 1.29 is 14.3 Å². The third-order valence-corrected chi connectivity index (χ3v) is 3.98. The second-order valence-corrected chi connectivity index (χ2v) is 5.55. The molecule has 21 heavy (non-hydrogen) atoms.